The summed E-state index contributed by atoms with van der Waals surface area (Å²) in [5, 5.41) is 8.77. The number of nitrogen functional groups attached to an aromatic ring is 1. The van der Waals surface area contributed by atoms with Crippen molar-refractivity contribution >= 4 is 17.0 Å². The van der Waals surface area contributed by atoms with Crippen molar-refractivity contribution in [1.29, 1.82) is 5.26 Å². The molecule has 6 heteroatoms. The van der Waals surface area contributed by atoms with Gasteiger partial charge in [-0.2, -0.15) is 18.4 Å². The summed E-state index contributed by atoms with van der Waals surface area (Å²) in [5.74, 6) is 0. The maximum absolute atomic E-state index is 12.8. The lowest BCUT2D eigenvalue weighted by Gasteiger charge is -2.10. The molecule has 0 atom stereocenters. The Bertz CT molecular complexity index is 623. The third-order valence-corrected chi connectivity index (χ3v) is 3.45. The second-order valence-electron chi connectivity index (χ2n) is 3.55. The van der Waals surface area contributed by atoms with Crippen molar-refractivity contribution in [3.8, 4) is 16.5 Å². The summed E-state index contributed by atoms with van der Waals surface area (Å²) in [6.07, 6.45) is -4.43. The van der Waals surface area contributed by atoms with Crippen LogP contribution >= 0.6 is 11.3 Å². The lowest BCUT2D eigenvalue weighted by atomic mass is 10.1. The second-order valence-corrected chi connectivity index (χ2v) is 4.60. The van der Waals surface area contributed by atoms with Crippen LogP contribution in [-0.4, -0.2) is 0 Å². The van der Waals surface area contributed by atoms with Gasteiger partial charge in [0.25, 0.3) is 0 Å². The van der Waals surface area contributed by atoms with Gasteiger partial charge in [0.1, 0.15) is 10.9 Å². The van der Waals surface area contributed by atoms with Gasteiger partial charge in [-0.1, -0.05) is 18.2 Å². The average molecular weight is 268 g/mol. The summed E-state index contributed by atoms with van der Waals surface area (Å²) >= 11 is 0.957. The Balaban J connectivity index is 2.61. The van der Waals surface area contributed by atoms with Crippen molar-refractivity contribution in [2.75, 3.05) is 5.73 Å². The smallest absolute Gasteiger partial charge is 0.397 e. The van der Waals surface area contributed by atoms with E-state index in [1.165, 1.54) is 24.3 Å². The number of thiophene rings is 1. The van der Waals surface area contributed by atoms with Crippen molar-refractivity contribution in [2.45, 2.75) is 6.18 Å². The van der Waals surface area contributed by atoms with Crippen LogP contribution in [0.25, 0.3) is 10.4 Å². The number of nitrogens with zero attached hydrogens (tertiary/aromatic N) is 1. The van der Waals surface area contributed by atoms with E-state index in [1.54, 1.807) is 0 Å². The van der Waals surface area contributed by atoms with Gasteiger partial charge in [-0.25, -0.2) is 0 Å². The van der Waals surface area contributed by atoms with Crippen LogP contribution in [-0.2, 0) is 6.18 Å². The number of alkyl halides is 3. The van der Waals surface area contributed by atoms with Crippen molar-refractivity contribution in [1.82, 2.24) is 0 Å². The second kappa shape index (κ2) is 4.35. The number of anilines is 1. The minimum absolute atomic E-state index is 0.0446. The van der Waals surface area contributed by atoms with E-state index < -0.39 is 11.7 Å². The van der Waals surface area contributed by atoms with Crippen molar-refractivity contribution in [2.24, 2.45) is 0 Å². The van der Waals surface area contributed by atoms with Crippen molar-refractivity contribution in [3.05, 3.63) is 40.8 Å². The van der Waals surface area contributed by atoms with Gasteiger partial charge in [-0.15, -0.1) is 11.3 Å². The number of hydrogen-bond donors (Lipinski definition) is 1. The molecule has 0 aliphatic heterocycles. The third kappa shape index (κ3) is 2.17. The number of nitrogens with two attached hydrogens (primary N) is 1. The largest absolute Gasteiger partial charge is 0.417 e. The van der Waals surface area contributed by atoms with Crippen molar-refractivity contribution in [3.63, 3.8) is 0 Å². The number of hydrogen-bond acceptors (Lipinski definition) is 3. The van der Waals surface area contributed by atoms with Gasteiger partial charge < -0.3 is 5.73 Å². The highest BCUT2D eigenvalue weighted by Gasteiger charge is 2.33. The molecule has 0 unspecified atom stereocenters. The van der Waals surface area contributed by atoms with Crippen LogP contribution in [0.3, 0.4) is 0 Å². The molecule has 2 N–H and O–H groups in total. The van der Waals surface area contributed by atoms with E-state index in [4.69, 9.17) is 11.0 Å². The van der Waals surface area contributed by atoms with E-state index in [-0.39, 0.29) is 16.1 Å². The van der Waals surface area contributed by atoms with Gasteiger partial charge in [-0.3, -0.25) is 0 Å². The highest BCUT2D eigenvalue weighted by molar-refractivity contribution is 7.16. The Morgan fingerprint density at radius 1 is 1.22 bits per heavy atom. The molecule has 1 aromatic carbocycles. The first kappa shape index (κ1) is 12.5. The summed E-state index contributed by atoms with van der Waals surface area (Å²) in [6.45, 7) is 0. The minimum Gasteiger partial charge on any atom is -0.397 e. The first-order valence-corrected chi connectivity index (χ1v) is 5.71. The predicted molar refractivity (Wildman–Crippen MR) is 63.9 cm³/mol. The van der Waals surface area contributed by atoms with E-state index in [0.29, 0.717) is 4.88 Å². The van der Waals surface area contributed by atoms with Gasteiger partial charge in [0.05, 0.1) is 11.3 Å². The zero-order chi connectivity index (χ0) is 13.3. The lowest BCUT2D eigenvalue weighted by Crippen LogP contribution is -2.06. The molecule has 0 bridgehead atoms. The Hall–Kier alpha value is -2.00. The molecule has 0 fully saturated rings. The number of rotatable bonds is 1. The molecule has 2 aromatic rings. The Kier molecular flexibility index (Phi) is 3.01. The standard InChI is InChI=1S/C12H7F3N2S/c13-12(14,15)8-4-2-1-3-7(8)10-5-9(17)11(6-16)18-10/h1-5H,17H2. The molecule has 0 radical (unpaired) electrons. The third-order valence-electron chi connectivity index (χ3n) is 2.36. The number of benzene rings is 1. The highest BCUT2D eigenvalue weighted by atomic mass is 32.1. The van der Waals surface area contributed by atoms with Crippen LogP contribution in [0, 0.1) is 11.3 Å². The first-order chi connectivity index (χ1) is 8.43. The average Bonchev–Trinajstić information content (AvgIpc) is 2.69. The Labute approximate surface area is 105 Å². The zero-order valence-electron chi connectivity index (χ0n) is 8.95. The molecule has 1 heterocycles. The van der Waals surface area contributed by atoms with Crippen LogP contribution < -0.4 is 5.73 Å². The van der Waals surface area contributed by atoms with E-state index in [9.17, 15) is 13.2 Å². The van der Waals surface area contributed by atoms with Crippen LogP contribution in [0.5, 0.6) is 0 Å². The summed E-state index contributed by atoms with van der Waals surface area (Å²) in [5.41, 5.74) is 5.08. The molecule has 0 aliphatic carbocycles. The van der Waals surface area contributed by atoms with Crippen LogP contribution in [0.15, 0.2) is 30.3 Å². The molecule has 0 spiro atoms. The Morgan fingerprint density at radius 2 is 1.89 bits per heavy atom. The fourth-order valence-electron chi connectivity index (χ4n) is 1.57. The molecule has 0 amide bonds. The zero-order valence-corrected chi connectivity index (χ0v) is 9.77. The lowest BCUT2D eigenvalue weighted by molar-refractivity contribution is -0.137. The molecule has 0 aliphatic rings. The molecule has 2 rings (SSSR count). The van der Waals surface area contributed by atoms with Gasteiger partial charge in [0.2, 0.25) is 0 Å². The SMILES string of the molecule is N#Cc1sc(-c2ccccc2C(F)(F)F)cc1N. The number of halogens is 3. The molecule has 18 heavy (non-hydrogen) atoms. The summed E-state index contributed by atoms with van der Waals surface area (Å²) in [6, 6.07) is 8.48. The molecule has 0 saturated heterocycles. The topological polar surface area (TPSA) is 49.8 Å². The van der Waals surface area contributed by atoms with Crippen LogP contribution in [0.4, 0.5) is 18.9 Å². The van der Waals surface area contributed by atoms with Crippen molar-refractivity contribution < 1.29 is 13.2 Å². The molecular weight excluding hydrogens is 261 g/mol. The van der Waals surface area contributed by atoms with Crippen LogP contribution in [0.1, 0.15) is 10.4 Å². The first-order valence-electron chi connectivity index (χ1n) is 4.89. The van der Waals surface area contributed by atoms with Crippen LogP contribution in [0.2, 0.25) is 0 Å². The maximum Gasteiger partial charge on any atom is 0.417 e. The summed E-state index contributed by atoms with van der Waals surface area (Å²) in [4.78, 5) is 0.568. The normalized spacial score (nSPS) is 11.2. The summed E-state index contributed by atoms with van der Waals surface area (Å²) < 4.78 is 38.5. The molecule has 92 valence electrons. The van der Waals surface area contributed by atoms with Gasteiger partial charge in [0.15, 0.2) is 0 Å². The summed E-state index contributed by atoms with van der Waals surface area (Å²) in [7, 11) is 0. The monoisotopic (exact) mass is 268 g/mol. The molecule has 0 saturated carbocycles. The minimum atomic E-state index is -4.43. The van der Waals surface area contributed by atoms with Gasteiger partial charge >= 0.3 is 6.18 Å². The van der Waals surface area contributed by atoms with E-state index in [2.05, 4.69) is 0 Å². The van der Waals surface area contributed by atoms with E-state index in [1.807, 2.05) is 6.07 Å². The molecule has 2 nitrogen and oxygen atoms in total. The number of nitriles is 1. The fraction of sp³-hybridized carbons (Fsp3) is 0.0833. The highest BCUT2D eigenvalue weighted by Crippen LogP contribution is 2.40. The quantitative estimate of drug-likeness (QED) is 0.853. The fourth-order valence-corrected chi connectivity index (χ4v) is 2.49. The van der Waals surface area contributed by atoms with Gasteiger partial charge in [0, 0.05) is 10.4 Å². The predicted octanol–water partition coefficient (Wildman–Crippen LogP) is 3.89. The Morgan fingerprint density at radius 3 is 2.44 bits per heavy atom. The van der Waals surface area contributed by atoms with E-state index >= 15 is 0 Å². The maximum atomic E-state index is 12.8. The molecular formula is C12H7F3N2S. The molecule has 1 aromatic heterocycles. The van der Waals surface area contributed by atoms with Gasteiger partial charge in [-0.05, 0) is 12.1 Å². The van der Waals surface area contributed by atoms with E-state index in [0.717, 1.165) is 17.4 Å².